The van der Waals surface area contributed by atoms with Gasteiger partial charge in [-0.25, -0.2) is 13.2 Å². The van der Waals surface area contributed by atoms with Gasteiger partial charge in [-0.05, 0) is 33.6 Å². The van der Waals surface area contributed by atoms with Crippen molar-refractivity contribution in [3.8, 4) is 0 Å². The highest BCUT2D eigenvalue weighted by atomic mass is 32.2. The molecule has 2 N–H and O–H groups in total. The smallest absolute Gasteiger partial charge is 0.407 e. The molecule has 0 aromatic rings. The number of carbonyl (C=O) groups is 1. The average molecular weight is 337 g/mol. The molecule has 0 aliphatic rings. The summed E-state index contributed by atoms with van der Waals surface area (Å²) < 4.78 is 28.6. The molecule has 132 valence electrons. The lowest BCUT2D eigenvalue weighted by molar-refractivity contribution is 0.0452. The summed E-state index contributed by atoms with van der Waals surface area (Å²) in [4.78, 5) is 11.7. The summed E-state index contributed by atoms with van der Waals surface area (Å²) in [5, 5.41) is 12.4. The molecule has 0 bridgehead atoms. The van der Waals surface area contributed by atoms with Crippen LogP contribution in [0.25, 0.3) is 0 Å². The first-order chi connectivity index (χ1) is 9.99. The molecule has 0 aromatic heterocycles. The average Bonchev–Trinajstić information content (AvgIpc) is 2.40. The Morgan fingerprint density at radius 2 is 1.77 bits per heavy atom. The number of nitrogens with one attached hydrogen (secondary N) is 1. The summed E-state index contributed by atoms with van der Waals surface area (Å²) in [6.45, 7) is 8.91. The minimum atomic E-state index is -3.10. The van der Waals surface area contributed by atoms with Gasteiger partial charge >= 0.3 is 6.09 Å². The van der Waals surface area contributed by atoms with Crippen molar-refractivity contribution in [2.24, 2.45) is 5.41 Å². The standard InChI is InChI=1S/C15H31NO5S/c1-6-8-15(12-17,9-10-22(19,20)7-2)11-16-13(18)21-14(3,4)5/h17H,6-12H2,1-5H3,(H,16,18). The van der Waals surface area contributed by atoms with Crippen LogP contribution < -0.4 is 5.32 Å². The predicted octanol–water partition coefficient (Wildman–Crippen LogP) is 2.11. The normalized spacial score (nSPS) is 15.2. The van der Waals surface area contributed by atoms with Crippen LogP contribution in [0.3, 0.4) is 0 Å². The number of aliphatic hydroxyl groups is 1. The topological polar surface area (TPSA) is 92.7 Å². The molecule has 0 heterocycles. The van der Waals surface area contributed by atoms with E-state index in [9.17, 15) is 18.3 Å². The molecular formula is C15H31NO5S. The molecule has 0 fully saturated rings. The second-order valence-electron chi connectivity index (χ2n) is 6.75. The van der Waals surface area contributed by atoms with E-state index >= 15 is 0 Å². The SMILES string of the molecule is CCCC(CO)(CCS(=O)(=O)CC)CNC(=O)OC(C)(C)C. The van der Waals surface area contributed by atoms with Crippen LogP contribution in [0.15, 0.2) is 0 Å². The maximum Gasteiger partial charge on any atom is 0.407 e. The molecule has 1 amide bonds. The Hall–Kier alpha value is -0.820. The number of hydrogen-bond acceptors (Lipinski definition) is 5. The van der Waals surface area contributed by atoms with E-state index in [-0.39, 0.29) is 24.7 Å². The van der Waals surface area contributed by atoms with E-state index in [2.05, 4.69) is 5.32 Å². The summed E-state index contributed by atoms with van der Waals surface area (Å²) in [5.74, 6) is 0.0974. The van der Waals surface area contributed by atoms with Gasteiger partial charge in [0, 0.05) is 17.7 Å². The van der Waals surface area contributed by atoms with Gasteiger partial charge in [-0.15, -0.1) is 0 Å². The van der Waals surface area contributed by atoms with Crippen LogP contribution in [0.5, 0.6) is 0 Å². The highest BCUT2D eigenvalue weighted by Crippen LogP contribution is 2.28. The highest BCUT2D eigenvalue weighted by Gasteiger charge is 2.31. The Balaban J connectivity index is 4.78. The van der Waals surface area contributed by atoms with Gasteiger partial charge in [-0.3, -0.25) is 0 Å². The number of amides is 1. The Kier molecular flexibility index (Phi) is 8.39. The number of ether oxygens (including phenoxy) is 1. The van der Waals surface area contributed by atoms with Crippen molar-refractivity contribution in [2.75, 3.05) is 24.7 Å². The Morgan fingerprint density at radius 1 is 1.18 bits per heavy atom. The molecule has 1 unspecified atom stereocenters. The van der Waals surface area contributed by atoms with Crippen molar-refractivity contribution in [3.63, 3.8) is 0 Å². The van der Waals surface area contributed by atoms with Crippen molar-refractivity contribution in [3.05, 3.63) is 0 Å². The first-order valence-electron chi connectivity index (χ1n) is 7.77. The van der Waals surface area contributed by atoms with E-state index < -0.39 is 26.9 Å². The third-order valence-electron chi connectivity index (χ3n) is 3.51. The molecule has 7 heteroatoms. The van der Waals surface area contributed by atoms with Crippen molar-refractivity contribution < 1.29 is 23.1 Å². The first-order valence-corrected chi connectivity index (χ1v) is 9.59. The van der Waals surface area contributed by atoms with Gasteiger partial charge in [-0.1, -0.05) is 20.3 Å². The number of alkyl carbamates (subject to hydrolysis) is 1. The zero-order valence-corrected chi connectivity index (χ0v) is 15.3. The Morgan fingerprint density at radius 3 is 2.18 bits per heavy atom. The van der Waals surface area contributed by atoms with E-state index in [1.165, 1.54) is 0 Å². The van der Waals surface area contributed by atoms with Crippen molar-refractivity contribution >= 4 is 15.9 Å². The molecule has 0 saturated heterocycles. The lowest BCUT2D eigenvalue weighted by Gasteiger charge is -2.32. The van der Waals surface area contributed by atoms with Gasteiger partial charge in [-0.2, -0.15) is 0 Å². The van der Waals surface area contributed by atoms with Crippen LogP contribution in [-0.4, -0.2) is 49.9 Å². The number of hydrogen-bond donors (Lipinski definition) is 2. The summed E-state index contributed by atoms with van der Waals surface area (Å²) >= 11 is 0. The summed E-state index contributed by atoms with van der Waals surface area (Å²) in [5.41, 5.74) is -1.23. The van der Waals surface area contributed by atoms with Gasteiger partial charge in [0.2, 0.25) is 0 Å². The molecule has 1 atom stereocenters. The van der Waals surface area contributed by atoms with Crippen molar-refractivity contribution in [1.29, 1.82) is 0 Å². The lowest BCUT2D eigenvalue weighted by atomic mass is 9.81. The van der Waals surface area contributed by atoms with Gasteiger partial charge in [0.1, 0.15) is 15.4 Å². The number of carbonyl (C=O) groups excluding carboxylic acids is 1. The highest BCUT2D eigenvalue weighted by molar-refractivity contribution is 7.91. The zero-order valence-electron chi connectivity index (χ0n) is 14.4. The largest absolute Gasteiger partial charge is 0.444 e. The van der Waals surface area contributed by atoms with E-state index in [0.29, 0.717) is 12.8 Å². The van der Waals surface area contributed by atoms with Crippen LogP contribution in [0.1, 0.15) is 53.9 Å². The Bertz CT molecular complexity index is 441. The van der Waals surface area contributed by atoms with Crippen molar-refractivity contribution in [2.45, 2.75) is 59.5 Å². The fourth-order valence-electron chi connectivity index (χ4n) is 2.14. The molecular weight excluding hydrogens is 306 g/mol. The molecule has 0 radical (unpaired) electrons. The van der Waals surface area contributed by atoms with Gasteiger partial charge in [0.15, 0.2) is 0 Å². The molecule has 6 nitrogen and oxygen atoms in total. The molecule has 0 aliphatic carbocycles. The van der Waals surface area contributed by atoms with E-state index in [1.54, 1.807) is 27.7 Å². The van der Waals surface area contributed by atoms with Crippen LogP contribution in [-0.2, 0) is 14.6 Å². The van der Waals surface area contributed by atoms with Crippen LogP contribution in [0.4, 0.5) is 4.79 Å². The summed E-state index contributed by atoms with van der Waals surface area (Å²) in [6.07, 6.45) is 1.20. The van der Waals surface area contributed by atoms with E-state index in [4.69, 9.17) is 4.74 Å². The molecule has 0 aromatic carbocycles. The van der Waals surface area contributed by atoms with Gasteiger partial charge < -0.3 is 15.2 Å². The molecule has 0 rings (SSSR count). The monoisotopic (exact) mass is 337 g/mol. The summed E-state index contributed by atoms with van der Waals surface area (Å²) in [7, 11) is -3.10. The van der Waals surface area contributed by atoms with E-state index in [0.717, 1.165) is 6.42 Å². The molecule has 0 spiro atoms. The predicted molar refractivity (Wildman–Crippen MR) is 87.6 cm³/mol. The maximum absolute atomic E-state index is 11.7. The minimum Gasteiger partial charge on any atom is -0.444 e. The number of sulfone groups is 1. The van der Waals surface area contributed by atoms with Crippen LogP contribution in [0, 0.1) is 5.41 Å². The molecule has 0 aliphatic heterocycles. The lowest BCUT2D eigenvalue weighted by Crippen LogP contribution is -2.43. The quantitative estimate of drug-likeness (QED) is 0.672. The second-order valence-corrected chi connectivity index (χ2v) is 9.22. The van der Waals surface area contributed by atoms with Crippen LogP contribution in [0.2, 0.25) is 0 Å². The van der Waals surface area contributed by atoms with E-state index in [1.807, 2.05) is 6.92 Å². The maximum atomic E-state index is 11.7. The van der Waals surface area contributed by atoms with Gasteiger partial charge in [0.25, 0.3) is 0 Å². The fourth-order valence-corrected chi connectivity index (χ4v) is 3.17. The molecule has 0 saturated carbocycles. The molecule has 22 heavy (non-hydrogen) atoms. The second kappa shape index (κ2) is 8.72. The Labute approximate surface area is 134 Å². The third kappa shape index (κ3) is 8.58. The minimum absolute atomic E-state index is 0.0139. The number of aliphatic hydroxyl groups excluding tert-OH is 1. The van der Waals surface area contributed by atoms with Crippen molar-refractivity contribution in [1.82, 2.24) is 5.32 Å². The first kappa shape index (κ1) is 21.2. The zero-order chi connectivity index (χ0) is 17.4. The van der Waals surface area contributed by atoms with Gasteiger partial charge in [0.05, 0.1) is 12.4 Å². The third-order valence-corrected chi connectivity index (χ3v) is 5.21. The van der Waals surface area contributed by atoms with Crippen LogP contribution >= 0.6 is 0 Å². The summed E-state index contributed by atoms with van der Waals surface area (Å²) in [6, 6.07) is 0. The number of rotatable bonds is 9. The fraction of sp³-hybridized carbons (Fsp3) is 0.933.